The second-order valence-electron chi connectivity index (χ2n) is 7.05. The van der Waals surface area contributed by atoms with Gasteiger partial charge in [-0.25, -0.2) is 13.1 Å². The summed E-state index contributed by atoms with van der Waals surface area (Å²) in [5.74, 6) is 0.134. The fraction of sp³-hybridized carbons (Fsp3) is 0.217. The summed E-state index contributed by atoms with van der Waals surface area (Å²) in [5.41, 5.74) is 0.552. The van der Waals surface area contributed by atoms with E-state index >= 15 is 0 Å². The summed E-state index contributed by atoms with van der Waals surface area (Å²) in [5, 5.41) is 7.32. The zero-order valence-electron chi connectivity index (χ0n) is 17.7. The zero-order chi connectivity index (χ0) is 23.1. The molecule has 0 unspecified atom stereocenters. The first-order valence-corrected chi connectivity index (χ1v) is 12.0. The van der Waals surface area contributed by atoms with Crippen molar-refractivity contribution >= 4 is 39.0 Å². The molecule has 7 nitrogen and oxygen atoms in total. The fourth-order valence-corrected chi connectivity index (χ4v) is 4.92. The standard InChI is InChI=1S/C23H25ClN4O3S/c1-3-5-16-27-22(13-14-25-27)26-23(29)18-9-8-10-19(17-18)32(30,31)28(15-4-2)21-12-7-6-11-20(21)24/h4,6-14,17H,2-3,5,15-16H2,1H3,(H,26,29). The molecular weight excluding hydrogens is 448 g/mol. The van der Waals surface area contributed by atoms with E-state index in [4.69, 9.17) is 11.6 Å². The predicted molar refractivity (Wildman–Crippen MR) is 128 cm³/mol. The van der Waals surface area contributed by atoms with Gasteiger partial charge in [0, 0.05) is 18.2 Å². The molecule has 9 heteroatoms. The molecule has 0 aliphatic heterocycles. The minimum absolute atomic E-state index is 0.0218. The molecule has 32 heavy (non-hydrogen) atoms. The first-order chi connectivity index (χ1) is 15.4. The van der Waals surface area contributed by atoms with Crippen LogP contribution >= 0.6 is 11.6 Å². The lowest BCUT2D eigenvalue weighted by atomic mass is 10.2. The van der Waals surface area contributed by atoms with E-state index in [0.29, 0.717) is 23.1 Å². The quantitative estimate of drug-likeness (QED) is 0.422. The maximum atomic E-state index is 13.4. The van der Waals surface area contributed by atoms with Crippen molar-refractivity contribution in [2.45, 2.75) is 31.2 Å². The molecule has 2 aromatic carbocycles. The number of anilines is 2. The average Bonchev–Trinajstić information content (AvgIpc) is 3.23. The molecule has 0 atom stereocenters. The van der Waals surface area contributed by atoms with Crippen molar-refractivity contribution in [3.63, 3.8) is 0 Å². The highest BCUT2D eigenvalue weighted by Crippen LogP contribution is 2.30. The molecule has 1 heterocycles. The first-order valence-electron chi connectivity index (χ1n) is 10.2. The fourth-order valence-electron chi connectivity index (χ4n) is 3.14. The molecule has 0 fully saturated rings. The molecule has 0 saturated carbocycles. The van der Waals surface area contributed by atoms with E-state index in [2.05, 4.69) is 23.9 Å². The number of sulfonamides is 1. The van der Waals surface area contributed by atoms with Gasteiger partial charge >= 0.3 is 0 Å². The maximum absolute atomic E-state index is 13.4. The third-order valence-electron chi connectivity index (χ3n) is 4.78. The van der Waals surface area contributed by atoms with Crippen LogP contribution in [0.1, 0.15) is 30.1 Å². The van der Waals surface area contributed by atoms with E-state index in [1.165, 1.54) is 28.6 Å². The van der Waals surface area contributed by atoms with Crippen LogP contribution in [-0.4, -0.2) is 30.7 Å². The summed E-state index contributed by atoms with van der Waals surface area (Å²) < 4.78 is 29.7. The largest absolute Gasteiger partial charge is 0.307 e. The van der Waals surface area contributed by atoms with Gasteiger partial charge in [0.2, 0.25) is 0 Å². The lowest BCUT2D eigenvalue weighted by molar-refractivity contribution is 0.102. The number of carbonyl (C=O) groups excluding carboxylic acids is 1. The molecule has 0 spiro atoms. The number of hydrogen-bond donors (Lipinski definition) is 1. The van der Waals surface area contributed by atoms with Crippen molar-refractivity contribution in [3.8, 4) is 0 Å². The number of aromatic nitrogens is 2. The number of nitrogens with one attached hydrogen (secondary N) is 1. The topological polar surface area (TPSA) is 84.3 Å². The van der Waals surface area contributed by atoms with Crippen molar-refractivity contribution in [1.29, 1.82) is 0 Å². The summed E-state index contributed by atoms with van der Waals surface area (Å²) in [4.78, 5) is 12.8. The molecule has 1 aromatic heterocycles. The molecule has 0 saturated heterocycles. The van der Waals surface area contributed by atoms with Crippen LogP contribution in [0.5, 0.6) is 0 Å². The molecule has 1 N–H and O–H groups in total. The van der Waals surface area contributed by atoms with E-state index in [9.17, 15) is 13.2 Å². The summed E-state index contributed by atoms with van der Waals surface area (Å²) in [6.07, 6.45) is 5.02. The molecule has 1 amide bonds. The maximum Gasteiger partial charge on any atom is 0.264 e. The van der Waals surface area contributed by atoms with E-state index < -0.39 is 15.9 Å². The smallest absolute Gasteiger partial charge is 0.264 e. The van der Waals surface area contributed by atoms with E-state index in [1.54, 1.807) is 47.3 Å². The Hall–Kier alpha value is -3.10. The van der Waals surface area contributed by atoms with Gasteiger partial charge in [0.05, 0.1) is 28.3 Å². The molecule has 3 aromatic rings. The number of aryl methyl sites for hydroxylation is 1. The first kappa shape index (κ1) is 23.6. The highest BCUT2D eigenvalue weighted by molar-refractivity contribution is 7.92. The van der Waals surface area contributed by atoms with E-state index in [1.807, 2.05) is 0 Å². The van der Waals surface area contributed by atoms with Crippen molar-refractivity contribution in [3.05, 3.63) is 84.0 Å². The Labute approximate surface area is 193 Å². The third-order valence-corrected chi connectivity index (χ3v) is 6.88. The molecule has 168 valence electrons. The Morgan fingerprint density at radius 1 is 1.22 bits per heavy atom. The minimum Gasteiger partial charge on any atom is -0.307 e. The number of amides is 1. The Kier molecular flexibility index (Phi) is 7.71. The van der Waals surface area contributed by atoms with Gasteiger partial charge in [-0.3, -0.25) is 9.10 Å². The number of hydrogen-bond acceptors (Lipinski definition) is 4. The summed E-state index contributed by atoms with van der Waals surface area (Å²) in [7, 11) is -4.00. The van der Waals surface area contributed by atoms with Gasteiger partial charge in [0.1, 0.15) is 5.82 Å². The lowest BCUT2D eigenvalue weighted by Gasteiger charge is -2.24. The van der Waals surface area contributed by atoms with Gasteiger partial charge < -0.3 is 5.32 Å². The second kappa shape index (κ2) is 10.5. The lowest BCUT2D eigenvalue weighted by Crippen LogP contribution is -2.31. The third kappa shape index (κ3) is 5.20. The van der Waals surface area contributed by atoms with Gasteiger partial charge in [-0.05, 0) is 36.8 Å². The Morgan fingerprint density at radius 3 is 2.72 bits per heavy atom. The zero-order valence-corrected chi connectivity index (χ0v) is 19.3. The SMILES string of the molecule is C=CCN(c1ccccc1Cl)S(=O)(=O)c1cccc(C(=O)Nc2ccnn2CCCC)c1. The predicted octanol–water partition coefficient (Wildman–Crippen LogP) is 4.97. The van der Waals surface area contributed by atoms with Crippen molar-refractivity contribution in [2.75, 3.05) is 16.2 Å². The molecular formula is C23H25ClN4O3S. The Balaban J connectivity index is 1.90. The van der Waals surface area contributed by atoms with Gasteiger partial charge in [0.15, 0.2) is 0 Å². The van der Waals surface area contributed by atoms with Gasteiger partial charge in [0.25, 0.3) is 15.9 Å². The summed E-state index contributed by atoms with van der Waals surface area (Å²) in [6, 6.07) is 14.3. The van der Waals surface area contributed by atoms with Crippen molar-refractivity contribution < 1.29 is 13.2 Å². The highest BCUT2D eigenvalue weighted by Gasteiger charge is 2.26. The molecule has 0 aliphatic carbocycles. The molecule has 0 radical (unpaired) electrons. The van der Waals surface area contributed by atoms with Crippen LogP contribution in [0.25, 0.3) is 0 Å². The van der Waals surface area contributed by atoms with Crippen LogP contribution in [-0.2, 0) is 16.6 Å². The average molecular weight is 473 g/mol. The number of halogens is 1. The van der Waals surface area contributed by atoms with Crippen LogP contribution < -0.4 is 9.62 Å². The highest BCUT2D eigenvalue weighted by atomic mass is 35.5. The second-order valence-corrected chi connectivity index (χ2v) is 9.32. The normalized spacial score (nSPS) is 11.2. The van der Waals surface area contributed by atoms with Crippen LogP contribution in [0.15, 0.2) is 78.3 Å². The number of carbonyl (C=O) groups is 1. The summed E-state index contributed by atoms with van der Waals surface area (Å²) >= 11 is 6.25. The minimum atomic E-state index is -4.00. The molecule has 0 bridgehead atoms. The Morgan fingerprint density at radius 2 is 2.00 bits per heavy atom. The number of rotatable bonds is 10. The van der Waals surface area contributed by atoms with Crippen LogP contribution in [0.4, 0.5) is 11.5 Å². The van der Waals surface area contributed by atoms with E-state index in [0.717, 1.165) is 12.8 Å². The van der Waals surface area contributed by atoms with Crippen LogP contribution in [0, 0.1) is 0 Å². The summed E-state index contributed by atoms with van der Waals surface area (Å²) in [6.45, 7) is 6.44. The van der Waals surface area contributed by atoms with Crippen LogP contribution in [0.2, 0.25) is 5.02 Å². The number of benzene rings is 2. The van der Waals surface area contributed by atoms with Crippen LogP contribution in [0.3, 0.4) is 0 Å². The monoisotopic (exact) mass is 472 g/mol. The van der Waals surface area contributed by atoms with Gasteiger partial charge in [-0.15, -0.1) is 6.58 Å². The number of para-hydroxylation sites is 1. The molecule has 0 aliphatic rings. The van der Waals surface area contributed by atoms with Gasteiger partial charge in [-0.2, -0.15) is 5.10 Å². The number of nitrogens with zero attached hydrogens (tertiary/aromatic N) is 3. The Bertz CT molecular complexity index is 1210. The van der Waals surface area contributed by atoms with Gasteiger partial charge in [-0.1, -0.05) is 49.2 Å². The van der Waals surface area contributed by atoms with Crippen molar-refractivity contribution in [2.24, 2.45) is 0 Å². The van der Waals surface area contributed by atoms with Crippen molar-refractivity contribution in [1.82, 2.24) is 9.78 Å². The molecule has 3 rings (SSSR count). The van der Waals surface area contributed by atoms with E-state index in [-0.39, 0.29) is 17.0 Å². The number of unbranched alkanes of at least 4 members (excludes halogenated alkanes) is 1.